The van der Waals surface area contributed by atoms with E-state index in [2.05, 4.69) is 5.32 Å². The zero-order valence-electron chi connectivity index (χ0n) is 17.7. The van der Waals surface area contributed by atoms with Gasteiger partial charge in [-0.05, 0) is 58.4 Å². The first-order chi connectivity index (χ1) is 13.5. The number of nitrogens with zero attached hydrogens (tertiary/aromatic N) is 1. The lowest BCUT2D eigenvalue weighted by atomic mass is 10.1. The monoisotopic (exact) mass is 416 g/mol. The highest BCUT2D eigenvalue weighted by atomic mass is 35.5. The van der Waals surface area contributed by atoms with Crippen LogP contribution in [0.3, 0.4) is 0 Å². The van der Waals surface area contributed by atoms with Crippen molar-refractivity contribution in [3.63, 3.8) is 0 Å². The zero-order valence-corrected chi connectivity index (χ0v) is 18.4. The van der Waals surface area contributed by atoms with Gasteiger partial charge in [0.2, 0.25) is 5.91 Å². The Morgan fingerprint density at radius 1 is 1.14 bits per heavy atom. The Balaban J connectivity index is 2.16. The number of carbonyl (C=O) groups is 2. The van der Waals surface area contributed by atoms with E-state index >= 15 is 0 Å². The first-order valence-corrected chi connectivity index (χ1v) is 9.98. The van der Waals surface area contributed by atoms with Gasteiger partial charge in [-0.2, -0.15) is 0 Å². The van der Waals surface area contributed by atoms with E-state index < -0.39 is 6.04 Å². The summed E-state index contributed by atoms with van der Waals surface area (Å²) in [6.45, 7) is 9.59. The highest BCUT2D eigenvalue weighted by Gasteiger charge is 2.28. The number of carbonyl (C=O) groups excluding carboxylic acids is 2. The molecule has 0 heterocycles. The van der Waals surface area contributed by atoms with E-state index in [-0.39, 0.29) is 24.0 Å². The lowest BCUT2D eigenvalue weighted by Gasteiger charge is -2.31. The van der Waals surface area contributed by atoms with Gasteiger partial charge in [0, 0.05) is 17.1 Å². The highest BCUT2D eigenvalue weighted by Crippen LogP contribution is 2.18. The summed E-state index contributed by atoms with van der Waals surface area (Å²) in [6.07, 6.45) is 0. The van der Waals surface area contributed by atoms with E-state index in [4.69, 9.17) is 16.3 Å². The predicted octanol–water partition coefficient (Wildman–Crippen LogP) is 4.36. The largest absolute Gasteiger partial charge is 0.484 e. The van der Waals surface area contributed by atoms with Crippen molar-refractivity contribution in [2.24, 2.45) is 0 Å². The van der Waals surface area contributed by atoms with Crippen molar-refractivity contribution in [3.05, 3.63) is 64.7 Å². The minimum atomic E-state index is -0.647. The molecule has 0 aliphatic carbocycles. The van der Waals surface area contributed by atoms with Crippen LogP contribution in [-0.2, 0) is 16.1 Å². The molecule has 29 heavy (non-hydrogen) atoms. The van der Waals surface area contributed by atoms with Gasteiger partial charge >= 0.3 is 0 Å². The lowest BCUT2D eigenvalue weighted by Crippen LogP contribution is -2.53. The van der Waals surface area contributed by atoms with Crippen LogP contribution < -0.4 is 10.1 Å². The second-order valence-electron chi connectivity index (χ2n) is 8.17. The van der Waals surface area contributed by atoms with Gasteiger partial charge in [0.25, 0.3) is 5.91 Å². The van der Waals surface area contributed by atoms with Crippen LogP contribution in [0.1, 0.15) is 38.8 Å². The second-order valence-corrected chi connectivity index (χ2v) is 8.60. The molecule has 0 radical (unpaired) electrons. The van der Waals surface area contributed by atoms with E-state index in [9.17, 15) is 9.59 Å². The number of halogens is 1. The molecule has 0 bridgehead atoms. The van der Waals surface area contributed by atoms with E-state index in [1.807, 2.05) is 52.0 Å². The Morgan fingerprint density at radius 3 is 2.38 bits per heavy atom. The molecule has 1 atom stereocenters. The fourth-order valence-corrected chi connectivity index (χ4v) is 2.91. The molecule has 0 aliphatic heterocycles. The number of amides is 2. The molecule has 156 valence electrons. The molecule has 6 heteroatoms. The molecule has 0 fully saturated rings. The van der Waals surface area contributed by atoms with Gasteiger partial charge in [0.1, 0.15) is 11.8 Å². The van der Waals surface area contributed by atoms with Crippen molar-refractivity contribution in [1.82, 2.24) is 10.2 Å². The number of benzene rings is 2. The Hall–Kier alpha value is -2.53. The van der Waals surface area contributed by atoms with E-state index in [0.717, 1.165) is 11.1 Å². The summed E-state index contributed by atoms with van der Waals surface area (Å²) in [4.78, 5) is 27.2. The van der Waals surface area contributed by atoms with Crippen molar-refractivity contribution in [2.75, 3.05) is 6.61 Å². The Labute approximate surface area is 178 Å². The Bertz CT molecular complexity index is 844. The summed E-state index contributed by atoms with van der Waals surface area (Å²) in [7, 11) is 0. The Kier molecular flexibility index (Phi) is 7.68. The van der Waals surface area contributed by atoms with Crippen LogP contribution in [0.5, 0.6) is 5.75 Å². The first kappa shape index (κ1) is 22.8. The Morgan fingerprint density at radius 2 is 1.79 bits per heavy atom. The number of rotatable bonds is 7. The van der Waals surface area contributed by atoms with Crippen LogP contribution in [0.25, 0.3) is 0 Å². The molecule has 0 unspecified atom stereocenters. The quantitative estimate of drug-likeness (QED) is 0.729. The van der Waals surface area contributed by atoms with Crippen LogP contribution in [0, 0.1) is 6.92 Å². The molecule has 5 nitrogen and oxygen atoms in total. The predicted molar refractivity (Wildman–Crippen MR) is 116 cm³/mol. The third-order valence-corrected chi connectivity index (χ3v) is 4.53. The third kappa shape index (κ3) is 7.42. The van der Waals surface area contributed by atoms with Crippen LogP contribution in [0.2, 0.25) is 5.02 Å². The second kappa shape index (κ2) is 9.79. The van der Waals surface area contributed by atoms with Crippen LogP contribution in [0.4, 0.5) is 0 Å². The van der Waals surface area contributed by atoms with Crippen molar-refractivity contribution in [2.45, 2.75) is 52.7 Å². The average molecular weight is 417 g/mol. The lowest BCUT2D eigenvalue weighted by molar-refractivity contribution is -0.142. The van der Waals surface area contributed by atoms with E-state index in [1.54, 1.807) is 31.2 Å². The van der Waals surface area contributed by atoms with E-state index in [1.165, 1.54) is 4.90 Å². The number of hydrogen-bond donors (Lipinski definition) is 1. The number of hydrogen-bond acceptors (Lipinski definition) is 3. The number of aryl methyl sites for hydroxylation is 1. The topological polar surface area (TPSA) is 58.6 Å². The minimum Gasteiger partial charge on any atom is -0.484 e. The van der Waals surface area contributed by atoms with Gasteiger partial charge in [-0.3, -0.25) is 9.59 Å². The maximum Gasteiger partial charge on any atom is 0.261 e. The first-order valence-electron chi connectivity index (χ1n) is 9.60. The fraction of sp³-hybridized carbons (Fsp3) is 0.391. The summed E-state index contributed by atoms with van der Waals surface area (Å²) >= 11 is 5.97. The summed E-state index contributed by atoms with van der Waals surface area (Å²) in [5.74, 6) is 0.0239. The summed E-state index contributed by atoms with van der Waals surface area (Å²) in [6, 6.07) is 14.1. The molecule has 0 spiro atoms. The highest BCUT2D eigenvalue weighted by molar-refractivity contribution is 6.30. The van der Waals surface area contributed by atoms with E-state index in [0.29, 0.717) is 17.3 Å². The van der Waals surface area contributed by atoms with Crippen LogP contribution >= 0.6 is 11.6 Å². The van der Waals surface area contributed by atoms with Gasteiger partial charge in [-0.25, -0.2) is 0 Å². The van der Waals surface area contributed by atoms with Gasteiger partial charge in [-0.15, -0.1) is 0 Å². The molecule has 1 N–H and O–H groups in total. The zero-order chi connectivity index (χ0) is 21.6. The standard InChI is InChI=1S/C23H29ClN2O3/c1-16-9-11-18(12-10-16)14-26(17(2)22(28)25-23(3,4)5)21(27)15-29-20-8-6-7-19(24)13-20/h6-13,17H,14-15H2,1-5H3,(H,25,28)/t17-/m1/s1. The fourth-order valence-electron chi connectivity index (χ4n) is 2.73. The van der Waals surface area contributed by atoms with Gasteiger partial charge in [0.15, 0.2) is 6.61 Å². The molecule has 0 aliphatic rings. The number of ether oxygens (including phenoxy) is 1. The molecule has 2 aromatic carbocycles. The maximum atomic E-state index is 13.0. The third-order valence-electron chi connectivity index (χ3n) is 4.30. The van der Waals surface area contributed by atoms with Crippen LogP contribution in [0.15, 0.2) is 48.5 Å². The van der Waals surface area contributed by atoms with Gasteiger partial charge in [-0.1, -0.05) is 47.5 Å². The van der Waals surface area contributed by atoms with Crippen molar-refractivity contribution in [3.8, 4) is 5.75 Å². The summed E-state index contributed by atoms with van der Waals surface area (Å²) in [5.41, 5.74) is 1.69. The molecule has 2 rings (SSSR count). The van der Waals surface area contributed by atoms with Gasteiger partial charge < -0.3 is 15.0 Å². The van der Waals surface area contributed by atoms with Crippen LogP contribution in [-0.4, -0.2) is 34.9 Å². The summed E-state index contributed by atoms with van der Waals surface area (Å²) < 4.78 is 5.61. The maximum absolute atomic E-state index is 13.0. The average Bonchev–Trinajstić information content (AvgIpc) is 2.64. The molecule has 0 saturated heterocycles. The number of nitrogens with one attached hydrogen (secondary N) is 1. The molecule has 0 aromatic heterocycles. The molecule has 0 saturated carbocycles. The molecular weight excluding hydrogens is 388 g/mol. The minimum absolute atomic E-state index is 0.181. The smallest absolute Gasteiger partial charge is 0.261 e. The van der Waals surface area contributed by atoms with Crippen molar-refractivity contribution in [1.29, 1.82) is 0 Å². The molecule has 2 aromatic rings. The molecular formula is C23H29ClN2O3. The van der Waals surface area contributed by atoms with Gasteiger partial charge in [0.05, 0.1) is 0 Å². The van der Waals surface area contributed by atoms with Crippen molar-refractivity contribution >= 4 is 23.4 Å². The normalized spacial score (nSPS) is 12.2. The van der Waals surface area contributed by atoms with Crippen molar-refractivity contribution < 1.29 is 14.3 Å². The SMILES string of the molecule is Cc1ccc(CN(C(=O)COc2cccc(Cl)c2)[C@H](C)C(=O)NC(C)(C)C)cc1. The molecule has 2 amide bonds. The summed E-state index contributed by atoms with van der Waals surface area (Å²) in [5, 5.41) is 3.47.